The molecule has 0 unspecified atom stereocenters. The van der Waals surface area contributed by atoms with Gasteiger partial charge in [-0.1, -0.05) is 84.1 Å². The molecule has 0 atom stereocenters. The maximum Gasteiger partial charge on any atom is 0.235 e. The number of para-hydroxylation sites is 1. The first-order chi connectivity index (χ1) is 14.8. The molecule has 6 aromatic rings. The summed E-state index contributed by atoms with van der Waals surface area (Å²) in [6.45, 7) is 2.04. The standard InChI is InChI=1S/C24H16N4OS/c1-15-19-9-5-6-10-20(19)29-21(15)22-25-26-24-28(22)27-23(30-24)18-13-11-17(12-14-18)16-7-3-2-4-8-16/h2-14H,1H3. The van der Waals surface area contributed by atoms with Crippen molar-refractivity contribution in [2.75, 3.05) is 0 Å². The van der Waals surface area contributed by atoms with Crippen molar-refractivity contribution in [2.45, 2.75) is 6.92 Å². The van der Waals surface area contributed by atoms with Crippen molar-refractivity contribution < 1.29 is 4.42 Å². The summed E-state index contributed by atoms with van der Waals surface area (Å²) in [5.41, 5.74) is 5.32. The molecule has 0 aliphatic rings. The summed E-state index contributed by atoms with van der Waals surface area (Å²) < 4.78 is 7.85. The van der Waals surface area contributed by atoms with Crippen LogP contribution in [0.5, 0.6) is 0 Å². The van der Waals surface area contributed by atoms with Crippen LogP contribution in [-0.2, 0) is 0 Å². The molecule has 3 heterocycles. The van der Waals surface area contributed by atoms with Gasteiger partial charge in [-0.2, -0.15) is 9.61 Å². The van der Waals surface area contributed by atoms with E-state index in [2.05, 4.69) is 52.7 Å². The molecule has 3 aromatic carbocycles. The van der Waals surface area contributed by atoms with Crippen molar-refractivity contribution in [3.8, 4) is 33.3 Å². The molecule has 0 bridgehead atoms. The Hall–Kier alpha value is -3.77. The van der Waals surface area contributed by atoms with Gasteiger partial charge in [0.05, 0.1) is 0 Å². The zero-order valence-electron chi connectivity index (χ0n) is 16.1. The maximum atomic E-state index is 6.07. The first-order valence-electron chi connectivity index (χ1n) is 9.64. The first kappa shape index (κ1) is 17.1. The number of hydrogen-bond acceptors (Lipinski definition) is 5. The Kier molecular flexibility index (Phi) is 3.79. The molecule has 0 aliphatic heterocycles. The molecule has 0 aliphatic carbocycles. The lowest BCUT2D eigenvalue weighted by Crippen LogP contribution is -1.91. The highest BCUT2D eigenvalue weighted by Crippen LogP contribution is 2.34. The Labute approximate surface area is 176 Å². The Bertz CT molecular complexity index is 1490. The number of hydrogen-bond donors (Lipinski definition) is 0. The first-order valence-corrected chi connectivity index (χ1v) is 10.5. The van der Waals surface area contributed by atoms with Gasteiger partial charge in [-0.05, 0) is 24.1 Å². The third-order valence-corrected chi connectivity index (χ3v) is 6.22. The fraction of sp³-hybridized carbons (Fsp3) is 0.0417. The van der Waals surface area contributed by atoms with Crippen molar-refractivity contribution in [1.82, 2.24) is 19.8 Å². The molecule has 6 rings (SSSR count). The Balaban J connectivity index is 1.41. The molecule has 0 N–H and O–H groups in total. The van der Waals surface area contributed by atoms with Crippen molar-refractivity contribution >= 4 is 27.3 Å². The van der Waals surface area contributed by atoms with E-state index in [1.54, 1.807) is 4.52 Å². The topological polar surface area (TPSA) is 56.2 Å². The van der Waals surface area contributed by atoms with Gasteiger partial charge in [-0.15, -0.1) is 10.2 Å². The van der Waals surface area contributed by atoms with Crippen LogP contribution in [0.15, 0.2) is 83.3 Å². The summed E-state index contributed by atoms with van der Waals surface area (Å²) in [5, 5.41) is 15.4. The average molecular weight is 408 g/mol. The highest BCUT2D eigenvalue weighted by atomic mass is 32.1. The van der Waals surface area contributed by atoms with Crippen LogP contribution in [0.1, 0.15) is 5.56 Å². The van der Waals surface area contributed by atoms with E-state index in [0.29, 0.717) is 11.6 Å². The number of aromatic nitrogens is 4. The minimum atomic E-state index is 0.627. The summed E-state index contributed by atoms with van der Waals surface area (Å²) in [7, 11) is 0. The molecule has 144 valence electrons. The third-order valence-electron chi connectivity index (χ3n) is 5.28. The smallest absolute Gasteiger partial charge is 0.235 e. The summed E-state index contributed by atoms with van der Waals surface area (Å²) in [6.07, 6.45) is 0. The van der Waals surface area contributed by atoms with Crippen molar-refractivity contribution in [3.05, 3.63) is 84.4 Å². The van der Waals surface area contributed by atoms with Crippen LogP contribution in [-0.4, -0.2) is 19.8 Å². The van der Waals surface area contributed by atoms with E-state index in [1.807, 2.05) is 43.3 Å². The van der Waals surface area contributed by atoms with Crippen LogP contribution in [0, 0.1) is 6.92 Å². The van der Waals surface area contributed by atoms with Gasteiger partial charge >= 0.3 is 0 Å². The Morgan fingerprint density at radius 1 is 0.767 bits per heavy atom. The Morgan fingerprint density at radius 2 is 1.47 bits per heavy atom. The zero-order chi connectivity index (χ0) is 20.1. The van der Waals surface area contributed by atoms with Crippen molar-refractivity contribution in [2.24, 2.45) is 0 Å². The van der Waals surface area contributed by atoms with Gasteiger partial charge in [0, 0.05) is 16.5 Å². The van der Waals surface area contributed by atoms with Gasteiger partial charge in [0.25, 0.3) is 0 Å². The van der Waals surface area contributed by atoms with Crippen LogP contribution >= 0.6 is 11.3 Å². The largest absolute Gasteiger partial charge is 0.452 e. The normalized spacial score (nSPS) is 11.5. The molecule has 0 amide bonds. The second-order valence-electron chi connectivity index (χ2n) is 7.12. The predicted molar refractivity (Wildman–Crippen MR) is 119 cm³/mol. The molecular formula is C24H16N4OS. The lowest BCUT2D eigenvalue weighted by Gasteiger charge is -2.02. The molecule has 0 saturated carbocycles. The lowest BCUT2D eigenvalue weighted by atomic mass is 10.0. The predicted octanol–water partition coefficient (Wildman–Crippen LogP) is 6.24. The molecular weight excluding hydrogens is 392 g/mol. The number of fused-ring (bicyclic) bond motifs is 2. The molecule has 3 aromatic heterocycles. The highest BCUT2D eigenvalue weighted by molar-refractivity contribution is 7.19. The van der Waals surface area contributed by atoms with Crippen LogP contribution in [0.3, 0.4) is 0 Å². The van der Waals surface area contributed by atoms with Crippen LogP contribution < -0.4 is 0 Å². The van der Waals surface area contributed by atoms with Crippen molar-refractivity contribution in [3.63, 3.8) is 0 Å². The van der Waals surface area contributed by atoms with E-state index in [0.717, 1.165) is 32.1 Å². The summed E-state index contributed by atoms with van der Waals surface area (Å²) >= 11 is 1.52. The molecule has 0 fully saturated rings. The number of rotatable bonds is 3. The average Bonchev–Trinajstić information content (AvgIpc) is 3.48. The maximum absolute atomic E-state index is 6.07. The third kappa shape index (κ3) is 2.65. The molecule has 0 spiro atoms. The number of furan rings is 1. The van der Waals surface area contributed by atoms with Gasteiger partial charge in [-0.3, -0.25) is 0 Å². The van der Waals surface area contributed by atoms with Gasteiger partial charge in [0.2, 0.25) is 10.8 Å². The van der Waals surface area contributed by atoms with E-state index in [1.165, 1.54) is 22.5 Å². The van der Waals surface area contributed by atoms with Crippen LogP contribution in [0.2, 0.25) is 0 Å². The number of nitrogens with zero attached hydrogens (tertiary/aromatic N) is 4. The minimum Gasteiger partial charge on any atom is -0.452 e. The quantitative estimate of drug-likeness (QED) is 0.348. The van der Waals surface area contributed by atoms with E-state index >= 15 is 0 Å². The summed E-state index contributed by atoms with van der Waals surface area (Å²) in [4.78, 5) is 0.743. The SMILES string of the molecule is Cc1c(-c2nnc3sc(-c4ccc(-c5ccccc5)cc4)nn23)oc2ccccc12. The fourth-order valence-electron chi connectivity index (χ4n) is 3.70. The van der Waals surface area contributed by atoms with E-state index in [4.69, 9.17) is 9.52 Å². The molecule has 0 radical (unpaired) electrons. The van der Waals surface area contributed by atoms with Crippen LogP contribution in [0.25, 0.3) is 49.2 Å². The van der Waals surface area contributed by atoms with Gasteiger partial charge in [0.15, 0.2) is 5.76 Å². The van der Waals surface area contributed by atoms with E-state index < -0.39 is 0 Å². The Morgan fingerprint density at radius 3 is 2.27 bits per heavy atom. The second-order valence-corrected chi connectivity index (χ2v) is 8.08. The van der Waals surface area contributed by atoms with Gasteiger partial charge in [-0.25, -0.2) is 0 Å². The molecule has 5 nitrogen and oxygen atoms in total. The van der Waals surface area contributed by atoms with Crippen molar-refractivity contribution in [1.29, 1.82) is 0 Å². The number of aryl methyl sites for hydroxylation is 1. The molecule has 6 heteroatoms. The van der Waals surface area contributed by atoms with Gasteiger partial charge < -0.3 is 4.42 Å². The number of benzene rings is 3. The van der Waals surface area contributed by atoms with Gasteiger partial charge in [0.1, 0.15) is 10.6 Å². The molecule has 30 heavy (non-hydrogen) atoms. The second kappa shape index (κ2) is 6.64. The van der Waals surface area contributed by atoms with E-state index in [-0.39, 0.29) is 0 Å². The summed E-state index contributed by atoms with van der Waals surface area (Å²) in [5.74, 6) is 1.34. The van der Waals surface area contributed by atoms with E-state index in [9.17, 15) is 0 Å². The monoisotopic (exact) mass is 408 g/mol. The highest BCUT2D eigenvalue weighted by Gasteiger charge is 2.20. The minimum absolute atomic E-state index is 0.627. The van der Waals surface area contributed by atoms with Crippen LogP contribution in [0.4, 0.5) is 0 Å². The lowest BCUT2D eigenvalue weighted by molar-refractivity contribution is 0.619. The fourth-order valence-corrected chi connectivity index (χ4v) is 4.54. The molecule has 0 saturated heterocycles. The zero-order valence-corrected chi connectivity index (χ0v) is 16.9. The summed E-state index contributed by atoms with van der Waals surface area (Å²) in [6, 6.07) is 26.8.